The van der Waals surface area contributed by atoms with Gasteiger partial charge in [0.1, 0.15) is 0 Å². The Hall–Kier alpha value is -0.870. The summed E-state index contributed by atoms with van der Waals surface area (Å²) in [4.78, 5) is 0.889. The van der Waals surface area contributed by atoms with Crippen LogP contribution in [0.2, 0.25) is 0 Å². The minimum absolute atomic E-state index is 0.0546. The van der Waals surface area contributed by atoms with E-state index in [-0.39, 0.29) is 17.8 Å². The van der Waals surface area contributed by atoms with E-state index in [9.17, 15) is 8.42 Å². The van der Waals surface area contributed by atoms with Gasteiger partial charge >= 0.3 is 0 Å². The molecule has 21 heavy (non-hydrogen) atoms. The molecule has 0 saturated heterocycles. The third kappa shape index (κ3) is 6.62. The maximum Gasteiger partial charge on any atom is 0.214 e. The summed E-state index contributed by atoms with van der Waals surface area (Å²) in [6.45, 7) is 6.16. The van der Waals surface area contributed by atoms with Crippen LogP contribution in [0.25, 0.3) is 0 Å². The first kappa shape index (κ1) is 18.2. The average Bonchev–Trinajstić information content (AvgIpc) is 2.74. The van der Waals surface area contributed by atoms with Gasteiger partial charge in [0.15, 0.2) is 0 Å². The molecule has 0 aliphatic rings. The molecule has 118 valence electrons. The number of aliphatic hydroxyl groups is 1. The van der Waals surface area contributed by atoms with Crippen LogP contribution in [0.4, 0.5) is 0 Å². The van der Waals surface area contributed by atoms with Gasteiger partial charge in [-0.2, -0.15) is 0 Å². The molecule has 0 unspecified atom stereocenters. The fourth-order valence-corrected chi connectivity index (χ4v) is 4.17. The first-order valence-corrected chi connectivity index (χ1v) is 9.24. The fourth-order valence-electron chi connectivity index (χ4n) is 1.74. The minimum Gasteiger partial charge on any atom is -0.395 e. The Balaban J connectivity index is 2.72. The van der Waals surface area contributed by atoms with Crippen molar-refractivity contribution in [2.75, 3.05) is 19.4 Å². The molecule has 0 aromatic carbocycles. The van der Waals surface area contributed by atoms with E-state index in [1.807, 2.05) is 32.2 Å². The molecule has 1 aromatic heterocycles. The normalized spacial score (nSPS) is 12.3. The molecule has 0 aliphatic carbocycles. The van der Waals surface area contributed by atoms with Crippen LogP contribution in [-0.4, -0.2) is 37.2 Å². The van der Waals surface area contributed by atoms with E-state index in [0.29, 0.717) is 13.0 Å². The van der Waals surface area contributed by atoms with Crippen molar-refractivity contribution in [3.63, 3.8) is 0 Å². The van der Waals surface area contributed by atoms with Crippen molar-refractivity contribution in [1.29, 1.82) is 0 Å². The van der Waals surface area contributed by atoms with Gasteiger partial charge in [0.25, 0.3) is 0 Å². The van der Waals surface area contributed by atoms with Crippen LogP contribution in [0.1, 0.15) is 37.6 Å². The highest BCUT2D eigenvalue weighted by Crippen LogP contribution is 2.21. The molecule has 0 aliphatic heterocycles. The minimum atomic E-state index is -3.26. The lowest BCUT2D eigenvalue weighted by Gasteiger charge is -2.23. The van der Waals surface area contributed by atoms with Crippen molar-refractivity contribution in [3.8, 4) is 11.8 Å². The zero-order valence-electron chi connectivity index (χ0n) is 13.0. The Morgan fingerprint density at radius 2 is 2.05 bits per heavy atom. The third-order valence-corrected chi connectivity index (χ3v) is 5.80. The van der Waals surface area contributed by atoms with E-state index in [1.165, 1.54) is 15.6 Å². The Labute approximate surface area is 131 Å². The van der Waals surface area contributed by atoms with Crippen LogP contribution < -0.4 is 0 Å². The lowest BCUT2D eigenvalue weighted by Crippen LogP contribution is -2.33. The van der Waals surface area contributed by atoms with Crippen molar-refractivity contribution in [2.45, 2.75) is 33.7 Å². The largest absolute Gasteiger partial charge is 0.395 e. The Kier molecular flexibility index (Phi) is 6.41. The van der Waals surface area contributed by atoms with Crippen molar-refractivity contribution in [1.82, 2.24) is 4.31 Å². The lowest BCUT2D eigenvalue weighted by molar-refractivity contribution is 0.305. The van der Waals surface area contributed by atoms with Gasteiger partial charge in [0, 0.05) is 20.0 Å². The molecule has 0 bridgehead atoms. The van der Waals surface area contributed by atoms with Crippen molar-refractivity contribution < 1.29 is 13.5 Å². The third-order valence-electron chi connectivity index (χ3n) is 2.60. The maximum atomic E-state index is 12.2. The van der Waals surface area contributed by atoms with E-state index < -0.39 is 10.0 Å². The summed E-state index contributed by atoms with van der Waals surface area (Å²) < 4.78 is 25.9. The van der Waals surface area contributed by atoms with E-state index >= 15 is 0 Å². The average molecular weight is 329 g/mol. The molecule has 1 heterocycles. The number of aliphatic hydroxyl groups excluding tert-OH is 1. The van der Waals surface area contributed by atoms with E-state index in [4.69, 9.17) is 5.11 Å². The second kappa shape index (κ2) is 7.41. The molecule has 1 aromatic rings. The van der Waals surface area contributed by atoms with Crippen molar-refractivity contribution in [2.24, 2.45) is 5.41 Å². The van der Waals surface area contributed by atoms with Gasteiger partial charge in [-0.3, -0.25) is 0 Å². The topological polar surface area (TPSA) is 57.6 Å². The van der Waals surface area contributed by atoms with Gasteiger partial charge in [0.2, 0.25) is 10.0 Å². The van der Waals surface area contributed by atoms with Gasteiger partial charge in [0.05, 0.1) is 17.2 Å². The van der Waals surface area contributed by atoms with Crippen LogP contribution >= 0.6 is 11.3 Å². The molecule has 4 nitrogen and oxygen atoms in total. The molecule has 0 radical (unpaired) electrons. The summed E-state index contributed by atoms with van der Waals surface area (Å²) in [5.41, 5.74) is 0.677. The smallest absolute Gasteiger partial charge is 0.214 e. The standard InChI is InChI=1S/C15H23NO3S2/c1-15(2,3)12-21(18,19)16(4)10-13-9-14(20-11-13)7-5-6-8-17/h9,11,17H,6,8,10,12H2,1-4H3. The number of sulfonamides is 1. The quantitative estimate of drug-likeness (QED) is 0.843. The molecular weight excluding hydrogens is 306 g/mol. The highest BCUT2D eigenvalue weighted by molar-refractivity contribution is 7.89. The lowest BCUT2D eigenvalue weighted by atomic mass is 10.0. The Morgan fingerprint density at radius 1 is 1.38 bits per heavy atom. The Bertz CT molecular complexity index is 615. The predicted octanol–water partition coefficient (Wildman–Crippen LogP) is 2.29. The van der Waals surface area contributed by atoms with Gasteiger partial charge in [-0.15, -0.1) is 11.3 Å². The molecule has 1 rings (SSSR count). The van der Waals surface area contributed by atoms with Gasteiger partial charge in [-0.05, 0) is 22.4 Å². The number of thiophene rings is 1. The number of hydrogen-bond donors (Lipinski definition) is 1. The summed E-state index contributed by atoms with van der Waals surface area (Å²) in [6, 6.07) is 1.90. The second-order valence-electron chi connectivity index (χ2n) is 6.17. The van der Waals surface area contributed by atoms with E-state index in [2.05, 4.69) is 11.8 Å². The predicted molar refractivity (Wildman–Crippen MR) is 87.6 cm³/mol. The number of nitrogens with zero attached hydrogens (tertiary/aromatic N) is 1. The number of rotatable bonds is 5. The summed E-state index contributed by atoms with van der Waals surface area (Å²) in [5.74, 6) is 5.94. The van der Waals surface area contributed by atoms with Crippen LogP contribution in [0.3, 0.4) is 0 Å². The van der Waals surface area contributed by atoms with Crippen LogP contribution in [0.5, 0.6) is 0 Å². The first-order valence-electron chi connectivity index (χ1n) is 6.75. The highest BCUT2D eigenvalue weighted by Gasteiger charge is 2.25. The summed E-state index contributed by atoms with van der Waals surface area (Å²) >= 11 is 1.49. The van der Waals surface area contributed by atoms with E-state index in [0.717, 1.165) is 10.4 Å². The summed E-state index contributed by atoms with van der Waals surface area (Å²) in [5, 5.41) is 10.6. The number of hydrogen-bond acceptors (Lipinski definition) is 4. The first-order chi connectivity index (χ1) is 9.64. The van der Waals surface area contributed by atoms with Gasteiger partial charge < -0.3 is 5.11 Å². The molecule has 0 amide bonds. The zero-order valence-corrected chi connectivity index (χ0v) is 14.6. The Morgan fingerprint density at radius 3 is 2.62 bits per heavy atom. The monoisotopic (exact) mass is 329 g/mol. The molecule has 0 fully saturated rings. The summed E-state index contributed by atoms with van der Waals surface area (Å²) in [6.07, 6.45) is 0.451. The zero-order chi connectivity index (χ0) is 16.1. The molecular formula is C15H23NO3S2. The SMILES string of the molecule is CN(Cc1csc(C#CCCO)c1)S(=O)(=O)CC(C)(C)C. The molecule has 1 N–H and O–H groups in total. The van der Waals surface area contributed by atoms with Crippen molar-refractivity contribution >= 4 is 21.4 Å². The molecule has 0 atom stereocenters. The van der Waals surface area contributed by atoms with Crippen LogP contribution in [0, 0.1) is 17.3 Å². The van der Waals surface area contributed by atoms with Crippen LogP contribution in [-0.2, 0) is 16.6 Å². The van der Waals surface area contributed by atoms with Crippen LogP contribution in [0.15, 0.2) is 11.4 Å². The second-order valence-corrected chi connectivity index (χ2v) is 9.15. The molecule has 0 saturated carbocycles. The summed E-state index contributed by atoms with van der Waals surface area (Å²) in [7, 11) is -1.65. The van der Waals surface area contributed by atoms with Gasteiger partial charge in [-0.1, -0.05) is 32.6 Å². The highest BCUT2D eigenvalue weighted by atomic mass is 32.2. The maximum absolute atomic E-state index is 12.2. The molecule has 0 spiro atoms. The fraction of sp³-hybridized carbons (Fsp3) is 0.600. The van der Waals surface area contributed by atoms with Crippen molar-refractivity contribution in [3.05, 3.63) is 21.9 Å². The van der Waals surface area contributed by atoms with E-state index in [1.54, 1.807) is 7.05 Å². The molecule has 6 heteroatoms. The van der Waals surface area contributed by atoms with Gasteiger partial charge in [-0.25, -0.2) is 12.7 Å².